The van der Waals surface area contributed by atoms with Gasteiger partial charge in [0.2, 0.25) is 5.91 Å². The van der Waals surface area contributed by atoms with Gasteiger partial charge >= 0.3 is 0 Å². The van der Waals surface area contributed by atoms with E-state index in [0.29, 0.717) is 17.4 Å². The molecule has 4 saturated carbocycles. The van der Waals surface area contributed by atoms with E-state index in [-0.39, 0.29) is 0 Å². The first kappa shape index (κ1) is 15.9. The summed E-state index contributed by atoms with van der Waals surface area (Å²) in [4.78, 5) is 16.8. The molecule has 0 aromatic heterocycles. The molecule has 3 nitrogen and oxygen atoms in total. The second-order valence-electron chi connectivity index (χ2n) is 9.29. The fourth-order valence-corrected chi connectivity index (χ4v) is 6.94. The SMILES string of the molecule is CCN1CCC(N(C)CC23CC4CC(CC(C4)C2)C3)CCC1=O. The van der Waals surface area contributed by atoms with E-state index in [1.807, 2.05) is 0 Å². The van der Waals surface area contributed by atoms with Crippen LogP contribution in [0.2, 0.25) is 0 Å². The molecule has 0 spiro atoms. The highest BCUT2D eigenvalue weighted by Crippen LogP contribution is 2.60. The summed E-state index contributed by atoms with van der Waals surface area (Å²) in [6.07, 6.45) is 12.1. The number of likely N-dealkylation sites (tertiary alicyclic amines) is 1. The van der Waals surface area contributed by atoms with Crippen molar-refractivity contribution in [2.75, 3.05) is 26.7 Å². The van der Waals surface area contributed by atoms with Crippen LogP contribution in [0.4, 0.5) is 0 Å². The van der Waals surface area contributed by atoms with Crippen LogP contribution in [0.15, 0.2) is 0 Å². The molecule has 1 aliphatic heterocycles. The monoisotopic (exact) mass is 318 g/mol. The van der Waals surface area contributed by atoms with Crippen LogP contribution in [-0.4, -0.2) is 48.4 Å². The summed E-state index contributed by atoms with van der Waals surface area (Å²) in [6, 6.07) is 0.614. The molecule has 0 aromatic carbocycles. The van der Waals surface area contributed by atoms with Crippen LogP contribution in [0, 0.1) is 23.2 Å². The maximum atomic E-state index is 12.1. The van der Waals surface area contributed by atoms with Crippen molar-refractivity contribution in [3.63, 3.8) is 0 Å². The Labute approximate surface area is 141 Å². The average Bonchev–Trinajstić information content (AvgIpc) is 2.67. The Hall–Kier alpha value is -0.570. The van der Waals surface area contributed by atoms with E-state index < -0.39 is 0 Å². The van der Waals surface area contributed by atoms with Gasteiger partial charge in [-0.3, -0.25) is 4.79 Å². The van der Waals surface area contributed by atoms with Gasteiger partial charge in [-0.15, -0.1) is 0 Å². The minimum atomic E-state index is 0.373. The summed E-state index contributed by atoms with van der Waals surface area (Å²) < 4.78 is 0. The van der Waals surface area contributed by atoms with Crippen LogP contribution in [0.1, 0.15) is 64.7 Å². The minimum Gasteiger partial charge on any atom is -0.343 e. The molecule has 5 fully saturated rings. The Balaban J connectivity index is 1.40. The zero-order chi connectivity index (χ0) is 16.0. The highest BCUT2D eigenvalue weighted by atomic mass is 16.2. The first-order valence-corrected chi connectivity index (χ1v) is 10.0. The number of hydrogen-bond acceptors (Lipinski definition) is 2. The molecule has 1 atom stereocenters. The van der Waals surface area contributed by atoms with Gasteiger partial charge in [0.15, 0.2) is 0 Å². The summed E-state index contributed by atoms with van der Waals surface area (Å²) in [5.74, 6) is 3.50. The van der Waals surface area contributed by atoms with Gasteiger partial charge in [-0.25, -0.2) is 0 Å². The fraction of sp³-hybridized carbons (Fsp3) is 0.950. The third-order valence-electron chi connectivity index (χ3n) is 7.53. The number of carbonyl (C=O) groups excluding carboxylic acids is 1. The topological polar surface area (TPSA) is 23.6 Å². The highest BCUT2D eigenvalue weighted by Gasteiger charge is 2.51. The molecule has 4 bridgehead atoms. The molecule has 5 rings (SSSR count). The van der Waals surface area contributed by atoms with Gasteiger partial charge in [0.1, 0.15) is 0 Å². The van der Waals surface area contributed by atoms with Crippen molar-refractivity contribution in [3.05, 3.63) is 0 Å². The largest absolute Gasteiger partial charge is 0.343 e. The Morgan fingerprint density at radius 3 is 2.26 bits per heavy atom. The molecule has 4 aliphatic carbocycles. The van der Waals surface area contributed by atoms with Gasteiger partial charge in [-0.2, -0.15) is 0 Å². The molecule has 0 N–H and O–H groups in total. The Morgan fingerprint density at radius 1 is 1.09 bits per heavy atom. The number of carbonyl (C=O) groups is 1. The van der Waals surface area contributed by atoms with E-state index in [9.17, 15) is 4.79 Å². The molecule has 0 aromatic rings. The van der Waals surface area contributed by atoms with E-state index >= 15 is 0 Å². The average molecular weight is 319 g/mol. The van der Waals surface area contributed by atoms with Crippen molar-refractivity contribution < 1.29 is 4.79 Å². The number of hydrogen-bond donors (Lipinski definition) is 0. The van der Waals surface area contributed by atoms with Crippen molar-refractivity contribution in [1.82, 2.24) is 9.80 Å². The lowest BCUT2D eigenvalue weighted by Gasteiger charge is -2.58. The van der Waals surface area contributed by atoms with Gasteiger partial charge in [0, 0.05) is 32.1 Å². The van der Waals surface area contributed by atoms with Crippen molar-refractivity contribution in [2.24, 2.45) is 23.2 Å². The van der Waals surface area contributed by atoms with Crippen LogP contribution in [-0.2, 0) is 4.79 Å². The van der Waals surface area contributed by atoms with E-state index in [2.05, 4.69) is 23.8 Å². The maximum Gasteiger partial charge on any atom is 0.222 e. The lowest BCUT2D eigenvalue weighted by atomic mass is 9.49. The summed E-state index contributed by atoms with van der Waals surface area (Å²) in [6.45, 7) is 5.24. The lowest BCUT2D eigenvalue weighted by molar-refractivity contribution is -0.130. The zero-order valence-electron chi connectivity index (χ0n) is 15.1. The third kappa shape index (κ3) is 3.06. The van der Waals surface area contributed by atoms with E-state index in [1.54, 1.807) is 0 Å². The predicted octanol–water partition coefficient (Wildman–Crippen LogP) is 3.54. The van der Waals surface area contributed by atoms with Crippen molar-refractivity contribution >= 4 is 5.91 Å². The zero-order valence-corrected chi connectivity index (χ0v) is 15.1. The Morgan fingerprint density at radius 2 is 1.70 bits per heavy atom. The Bertz CT molecular complexity index is 425. The highest BCUT2D eigenvalue weighted by molar-refractivity contribution is 5.76. The quantitative estimate of drug-likeness (QED) is 0.791. The molecule has 23 heavy (non-hydrogen) atoms. The van der Waals surface area contributed by atoms with Gasteiger partial charge < -0.3 is 9.80 Å². The molecule has 5 aliphatic rings. The summed E-state index contributed by atoms with van der Waals surface area (Å²) >= 11 is 0. The first-order chi connectivity index (χ1) is 11.1. The fourth-order valence-electron chi connectivity index (χ4n) is 6.94. The van der Waals surface area contributed by atoms with E-state index in [4.69, 9.17) is 0 Å². The van der Waals surface area contributed by atoms with E-state index in [0.717, 1.165) is 43.7 Å². The standard InChI is InChI=1S/C20H34N2O/c1-3-22-7-6-18(4-5-19(22)23)21(2)14-20-11-15-8-16(12-20)10-17(9-15)13-20/h15-18H,3-14H2,1-2H3. The molecular weight excluding hydrogens is 284 g/mol. The third-order valence-corrected chi connectivity index (χ3v) is 7.53. The van der Waals surface area contributed by atoms with Crippen LogP contribution in [0.25, 0.3) is 0 Å². The minimum absolute atomic E-state index is 0.373. The van der Waals surface area contributed by atoms with Crippen LogP contribution >= 0.6 is 0 Å². The van der Waals surface area contributed by atoms with Gasteiger partial charge in [0.25, 0.3) is 0 Å². The molecule has 130 valence electrons. The lowest BCUT2D eigenvalue weighted by Crippen LogP contribution is -2.52. The molecule has 1 heterocycles. The number of nitrogens with zero attached hydrogens (tertiary/aromatic N) is 2. The van der Waals surface area contributed by atoms with Crippen molar-refractivity contribution in [3.8, 4) is 0 Å². The summed E-state index contributed by atoms with van der Waals surface area (Å²) in [7, 11) is 2.34. The van der Waals surface area contributed by atoms with Crippen LogP contribution < -0.4 is 0 Å². The van der Waals surface area contributed by atoms with Crippen LogP contribution in [0.5, 0.6) is 0 Å². The molecular formula is C20H34N2O. The van der Waals surface area contributed by atoms with E-state index in [1.165, 1.54) is 51.5 Å². The van der Waals surface area contributed by atoms with Gasteiger partial charge in [0.05, 0.1) is 0 Å². The first-order valence-electron chi connectivity index (χ1n) is 10.0. The molecule has 0 radical (unpaired) electrons. The normalized spacial score (nSPS) is 43.3. The Kier molecular flexibility index (Phi) is 4.19. The van der Waals surface area contributed by atoms with Gasteiger partial charge in [-0.1, -0.05) is 0 Å². The number of rotatable bonds is 4. The smallest absolute Gasteiger partial charge is 0.222 e. The maximum absolute atomic E-state index is 12.1. The van der Waals surface area contributed by atoms with Crippen molar-refractivity contribution in [1.29, 1.82) is 0 Å². The van der Waals surface area contributed by atoms with Crippen LogP contribution in [0.3, 0.4) is 0 Å². The second kappa shape index (κ2) is 6.06. The molecule has 3 heteroatoms. The van der Waals surface area contributed by atoms with Crippen molar-refractivity contribution in [2.45, 2.75) is 70.8 Å². The van der Waals surface area contributed by atoms with Gasteiger partial charge in [-0.05, 0) is 88.5 Å². The summed E-state index contributed by atoms with van der Waals surface area (Å²) in [5, 5.41) is 0. The second-order valence-corrected chi connectivity index (χ2v) is 9.29. The number of amides is 1. The molecule has 1 saturated heterocycles. The molecule has 1 unspecified atom stereocenters. The predicted molar refractivity (Wildman–Crippen MR) is 93.1 cm³/mol. The molecule has 1 amide bonds. The summed E-state index contributed by atoms with van der Waals surface area (Å²) in [5.41, 5.74) is 0.629.